The summed E-state index contributed by atoms with van der Waals surface area (Å²) in [7, 11) is 5.30. The normalized spacial score (nSPS) is 10.4. The summed E-state index contributed by atoms with van der Waals surface area (Å²) in [6.07, 6.45) is 0.855. The number of nitrogen functional groups attached to an aromatic ring is 1. The smallest absolute Gasteiger partial charge is 0.323 e. The maximum atomic E-state index is 5.41. The van der Waals surface area contributed by atoms with Crippen molar-refractivity contribution < 1.29 is 14.2 Å². The van der Waals surface area contributed by atoms with E-state index in [4.69, 9.17) is 20.1 Å². The second-order valence-electron chi connectivity index (χ2n) is 4.09. The van der Waals surface area contributed by atoms with Crippen molar-refractivity contribution in [3.8, 4) is 6.01 Å². The maximum Gasteiger partial charge on any atom is 0.323 e. The molecular formula is C11H22N6O3. The van der Waals surface area contributed by atoms with E-state index in [1.807, 2.05) is 14.1 Å². The zero-order valence-electron chi connectivity index (χ0n) is 12.1. The fourth-order valence-electron chi connectivity index (χ4n) is 1.27. The summed E-state index contributed by atoms with van der Waals surface area (Å²) in [6, 6.07) is 0.206. The van der Waals surface area contributed by atoms with Crippen molar-refractivity contribution in [3.63, 3.8) is 0 Å². The van der Waals surface area contributed by atoms with Gasteiger partial charge in [0.15, 0.2) is 0 Å². The van der Waals surface area contributed by atoms with Gasteiger partial charge in [0.1, 0.15) is 6.61 Å². The van der Waals surface area contributed by atoms with Gasteiger partial charge in [0.2, 0.25) is 11.9 Å². The highest BCUT2D eigenvalue weighted by molar-refractivity contribution is 5.35. The van der Waals surface area contributed by atoms with Crippen molar-refractivity contribution in [3.05, 3.63) is 0 Å². The Hall–Kier alpha value is -1.71. The first-order valence-electron chi connectivity index (χ1n) is 6.27. The van der Waals surface area contributed by atoms with Gasteiger partial charge in [-0.3, -0.25) is 5.43 Å². The summed E-state index contributed by atoms with van der Waals surface area (Å²) >= 11 is 0. The molecule has 0 amide bonds. The van der Waals surface area contributed by atoms with Gasteiger partial charge in [-0.1, -0.05) is 0 Å². The average Bonchev–Trinajstić information content (AvgIpc) is 2.46. The van der Waals surface area contributed by atoms with Crippen LogP contribution < -0.4 is 20.9 Å². The number of aromatic nitrogens is 3. The molecule has 0 bridgehead atoms. The number of nitrogens with zero attached hydrogens (tertiary/aromatic N) is 4. The average molecular weight is 286 g/mol. The van der Waals surface area contributed by atoms with E-state index in [0.29, 0.717) is 32.4 Å². The van der Waals surface area contributed by atoms with Crippen molar-refractivity contribution in [1.29, 1.82) is 0 Å². The molecule has 9 heteroatoms. The third-order valence-electron chi connectivity index (χ3n) is 2.23. The summed E-state index contributed by atoms with van der Waals surface area (Å²) < 4.78 is 15.7. The third-order valence-corrected chi connectivity index (χ3v) is 2.23. The van der Waals surface area contributed by atoms with E-state index in [1.54, 1.807) is 12.0 Å². The van der Waals surface area contributed by atoms with Gasteiger partial charge in [0.25, 0.3) is 0 Å². The minimum atomic E-state index is 0.206. The van der Waals surface area contributed by atoms with E-state index in [2.05, 4.69) is 20.4 Å². The molecule has 0 fully saturated rings. The van der Waals surface area contributed by atoms with Crippen LogP contribution in [0.1, 0.15) is 6.42 Å². The van der Waals surface area contributed by atoms with E-state index in [-0.39, 0.29) is 12.0 Å². The highest BCUT2D eigenvalue weighted by Crippen LogP contribution is 2.12. The molecule has 1 aromatic rings. The predicted octanol–water partition coefficient (Wildman–Crippen LogP) is -0.345. The van der Waals surface area contributed by atoms with E-state index in [1.165, 1.54) is 0 Å². The minimum absolute atomic E-state index is 0.206. The lowest BCUT2D eigenvalue weighted by Crippen LogP contribution is -2.19. The minimum Gasteiger partial charge on any atom is -0.461 e. The van der Waals surface area contributed by atoms with Crippen LogP contribution in [0.15, 0.2) is 0 Å². The molecule has 0 saturated carbocycles. The number of hydrazine groups is 1. The number of nitrogens with one attached hydrogen (secondary N) is 1. The highest BCUT2D eigenvalue weighted by atomic mass is 16.5. The Labute approximate surface area is 118 Å². The van der Waals surface area contributed by atoms with Gasteiger partial charge in [-0.05, 0) is 6.42 Å². The van der Waals surface area contributed by atoms with Crippen LogP contribution in [-0.4, -0.2) is 62.6 Å². The Morgan fingerprint density at radius 3 is 2.55 bits per heavy atom. The SMILES string of the molecule is COCCCOCCOc1nc(NN)nc(N(C)C)n1. The molecular weight excluding hydrogens is 264 g/mol. The van der Waals surface area contributed by atoms with E-state index < -0.39 is 0 Å². The molecule has 0 spiro atoms. The van der Waals surface area contributed by atoms with Gasteiger partial charge in [0.05, 0.1) is 6.61 Å². The first-order valence-corrected chi connectivity index (χ1v) is 6.27. The van der Waals surface area contributed by atoms with Crippen LogP contribution in [0.5, 0.6) is 6.01 Å². The lowest BCUT2D eigenvalue weighted by atomic mass is 10.5. The van der Waals surface area contributed by atoms with Crippen molar-refractivity contribution in [1.82, 2.24) is 15.0 Å². The fraction of sp³-hybridized carbons (Fsp3) is 0.727. The van der Waals surface area contributed by atoms with E-state index in [9.17, 15) is 0 Å². The number of nitrogens with two attached hydrogens (primary N) is 1. The molecule has 3 N–H and O–H groups in total. The first-order chi connectivity index (χ1) is 9.67. The van der Waals surface area contributed by atoms with Crippen LogP contribution in [0.3, 0.4) is 0 Å². The van der Waals surface area contributed by atoms with Gasteiger partial charge in [-0.15, -0.1) is 0 Å². The summed E-state index contributed by atoms with van der Waals surface area (Å²) in [5.41, 5.74) is 2.37. The molecule has 0 aliphatic carbocycles. The topological polar surface area (TPSA) is 108 Å². The number of methoxy groups -OCH3 is 1. The van der Waals surface area contributed by atoms with Crippen LogP contribution in [0, 0.1) is 0 Å². The molecule has 1 aromatic heterocycles. The van der Waals surface area contributed by atoms with Crippen LogP contribution in [0.2, 0.25) is 0 Å². The number of rotatable bonds is 10. The number of hydrogen-bond acceptors (Lipinski definition) is 9. The number of anilines is 2. The Morgan fingerprint density at radius 2 is 1.90 bits per heavy atom. The number of hydrogen-bond donors (Lipinski definition) is 2. The Kier molecular flexibility index (Phi) is 7.55. The predicted molar refractivity (Wildman–Crippen MR) is 74.8 cm³/mol. The van der Waals surface area contributed by atoms with Crippen molar-refractivity contribution in [2.45, 2.75) is 6.42 Å². The van der Waals surface area contributed by atoms with Crippen molar-refractivity contribution >= 4 is 11.9 Å². The van der Waals surface area contributed by atoms with Gasteiger partial charge >= 0.3 is 6.01 Å². The Bertz CT molecular complexity index is 390. The summed E-state index contributed by atoms with van der Waals surface area (Å²) in [6.45, 7) is 2.13. The standard InChI is InChI=1S/C11H22N6O3/c1-17(2)10-13-9(16-12)14-11(15-10)20-8-7-19-6-4-5-18-3/h4-8,12H2,1-3H3,(H,13,14,15,16). The van der Waals surface area contributed by atoms with Crippen LogP contribution in [0.4, 0.5) is 11.9 Å². The lowest BCUT2D eigenvalue weighted by Gasteiger charge is -2.12. The zero-order chi connectivity index (χ0) is 14.8. The zero-order valence-corrected chi connectivity index (χ0v) is 12.1. The maximum absolute atomic E-state index is 5.41. The molecule has 0 radical (unpaired) electrons. The van der Waals surface area contributed by atoms with Gasteiger partial charge in [-0.25, -0.2) is 5.84 Å². The molecule has 9 nitrogen and oxygen atoms in total. The largest absolute Gasteiger partial charge is 0.461 e. The monoisotopic (exact) mass is 286 g/mol. The van der Waals surface area contributed by atoms with Gasteiger partial charge in [-0.2, -0.15) is 15.0 Å². The summed E-state index contributed by atoms with van der Waals surface area (Å²) in [5.74, 6) is 6.01. The quantitative estimate of drug-likeness (QED) is 0.339. The van der Waals surface area contributed by atoms with Gasteiger partial charge in [0, 0.05) is 34.4 Å². The fourth-order valence-corrected chi connectivity index (χ4v) is 1.27. The Morgan fingerprint density at radius 1 is 1.10 bits per heavy atom. The van der Waals surface area contributed by atoms with Crippen LogP contribution in [0.25, 0.3) is 0 Å². The van der Waals surface area contributed by atoms with Gasteiger partial charge < -0.3 is 19.1 Å². The molecule has 1 rings (SSSR count). The molecule has 0 aliphatic heterocycles. The first kappa shape index (κ1) is 16.3. The Balaban J connectivity index is 2.37. The van der Waals surface area contributed by atoms with Crippen molar-refractivity contribution in [2.24, 2.45) is 5.84 Å². The number of ether oxygens (including phenoxy) is 3. The van der Waals surface area contributed by atoms with E-state index in [0.717, 1.165) is 6.42 Å². The van der Waals surface area contributed by atoms with Crippen molar-refractivity contribution in [2.75, 3.05) is 58.0 Å². The van der Waals surface area contributed by atoms with Crippen LogP contribution >= 0.6 is 0 Å². The summed E-state index contributed by atoms with van der Waals surface area (Å²) in [4.78, 5) is 13.9. The second-order valence-corrected chi connectivity index (χ2v) is 4.09. The lowest BCUT2D eigenvalue weighted by molar-refractivity contribution is 0.0783. The second kappa shape index (κ2) is 9.23. The molecule has 0 aromatic carbocycles. The summed E-state index contributed by atoms with van der Waals surface area (Å²) in [5, 5.41) is 0. The molecule has 114 valence electrons. The molecule has 0 saturated heterocycles. The molecule has 0 unspecified atom stereocenters. The molecule has 1 heterocycles. The molecule has 0 aliphatic rings. The third kappa shape index (κ3) is 5.95. The van der Waals surface area contributed by atoms with Crippen LogP contribution in [-0.2, 0) is 9.47 Å². The van der Waals surface area contributed by atoms with E-state index >= 15 is 0 Å². The molecule has 0 atom stereocenters. The highest BCUT2D eigenvalue weighted by Gasteiger charge is 2.08. The molecule has 20 heavy (non-hydrogen) atoms.